The Kier molecular flexibility index (Phi) is 4.20. The van der Waals surface area contributed by atoms with Crippen molar-refractivity contribution in [1.82, 2.24) is 15.1 Å². The van der Waals surface area contributed by atoms with Crippen molar-refractivity contribution >= 4 is 44.2 Å². The first kappa shape index (κ1) is 17.1. The number of carbonyl (C=O) groups is 1. The molecule has 0 unspecified atom stereocenters. The molecule has 1 saturated heterocycles. The second-order valence-electron chi connectivity index (χ2n) is 6.71. The lowest BCUT2D eigenvalue weighted by atomic mass is 9.91. The first-order chi connectivity index (χ1) is 12.4. The van der Waals surface area contributed by atoms with Crippen molar-refractivity contribution in [3.63, 3.8) is 0 Å². The summed E-state index contributed by atoms with van der Waals surface area (Å²) in [4.78, 5) is 11.7. The van der Waals surface area contributed by atoms with Crippen LogP contribution in [0.5, 0.6) is 0 Å². The molecule has 1 aromatic heterocycles. The van der Waals surface area contributed by atoms with Crippen molar-refractivity contribution in [1.29, 1.82) is 0 Å². The molecule has 134 valence electrons. The summed E-state index contributed by atoms with van der Waals surface area (Å²) in [5.41, 5.74) is 2.40. The van der Waals surface area contributed by atoms with E-state index in [2.05, 4.69) is 31.7 Å². The number of morpholine rings is 1. The fraction of sp³-hybridized carbons (Fsp3) is 0.263. The number of aromatic nitrogens is 2. The average molecular weight is 415 g/mol. The molecule has 1 atom stereocenters. The molecule has 0 saturated carbocycles. The Morgan fingerprint density at radius 2 is 2.15 bits per heavy atom. The summed E-state index contributed by atoms with van der Waals surface area (Å²) in [6, 6.07) is 14.0. The molecule has 7 heteroatoms. The number of hydrogen-bond donors (Lipinski definition) is 2. The number of nitrogens with zero attached hydrogens (tertiary/aromatic N) is 2. The number of hydrogen-bond acceptors (Lipinski definition) is 4. The van der Waals surface area contributed by atoms with Crippen molar-refractivity contribution in [2.75, 3.05) is 18.5 Å². The van der Waals surface area contributed by atoms with Gasteiger partial charge in [-0.15, -0.1) is 0 Å². The highest BCUT2D eigenvalue weighted by atomic mass is 79.9. The molecule has 0 bridgehead atoms. The van der Waals surface area contributed by atoms with Crippen LogP contribution in [-0.2, 0) is 22.1 Å². The number of ether oxygens (including phenoxy) is 1. The van der Waals surface area contributed by atoms with Crippen molar-refractivity contribution in [2.45, 2.75) is 12.5 Å². The van der Waals surface area contributed by atoms with Gasteiger partial charge in [-0.1, -0.05) is 28.1 Å². The van der Waals surface area contributed by atoms with Gasteiger partial charge in [-0.3, -0.25) is 9.48 Å². The second kappa shape index (κ2) is 6.41. The SMILES string of the molecule is Cn1nc(Nc2cccc([C@@]3(C)COCC(=O)N3)c2)c2ccc(Br)cc21. The Bertz CT molecular complexity index is 1000. The van der Waals surface area contributed by atoms with Gasteiger partial charge in [0.2, 0.25) is 5.91 Å². The van der Waals surface area contributed by atoms with Gasteiger partial charge >= 0.3 is 0 Å². The number of amides is 1. The molecule has 1 aliphatic rings. The molecule has 3 aromatic rings. The van der Waals surface area contributed by atoms with Gasteiger partial charge in [0.15, 0.2) is 5.82 Å². The largest absolute Gasteiger partial charge is 0.369 e. The van der Waals surface area contributed by atoms with Crippen LogP contribution in [0.2, 0.25) is 0 Å². The number of anilines is 2. The Hall–Kier alpha value is -2.38. The summed E-state index contributed by atoms with van der Waals surface area (Å²) in [7, 11) is 1.92. The predicted molar refractivity (Wildman–Crippen MR) is 104 cm³/mol. The minimum absolute atomic E-state index is 0.0987. The van der Waals surface area contributed by atoms with Crippen LogP contribution in [0.25, 0.3) is 10.9 Å². The fourth-order valence-corrected chi connectivity index (χ4v) is 3.63. The van der Waals surface area contributed by atoms with Crippen LogP contribution < -0.4 is 10.6 Å². The van der Waals surface area contributed by atoms with Gasteiger partial charge in [0.25, 0.3) is 0 Å². The standard InChI is InChI=1S/C19H19BrN4O2/c1-19(11-26-10-17(25)22-19)12-4-3-5-14(8-12)21-18-15-7-6-13(20)9-16(15)24(2)23-18/h3-9H,10-11H2,1-2H3,(H,21,23)(H,22,25)/t19-/m1/s1. The second-order valence-corrected chi connectivity index (χ2v) is 7.63. The maximum Gasteiger partial charge on any atom is 0.246 e. The molecule has 0 radical (unpaired) electrons. The fourth-order valence-electron chi connectivity index (χ4n) is 3.28. The van der Waals surface area contributed by atoms with Crippen molar-refractivity contribution in [3.05, 3.63) is 52.5 Å². The minimum atomic E-state index is -0.538. The van der Waals surface area contributed by atoms with E-state index >= 15 is 0 Å². The summed E-state index contributed by atoms with van der Waals surface area (Å²) >= 11 is 3.50. The quantitative estimate of drug-likeness (QED) is 0.688. The van der Waals surface area contributed by atoms with E-state index in [4.69, 9.17) is 4.74 Å². The van der Waals surface area contributed by atoms with E-state index in [1.165, 1.54) is 0 Å². The third-order valence-corrected chi connectivity index (χ3v) is 5.11. The molecule has 0 aliphatic carbocycles. The monoisotopic (exact) mass is 414 g/mol. The normalized spacial score (nSPS) is 20.2. The van der Waals surface area contributed by atoms with Gasteiger partial charge in [0, 0.05) is 22.6 Å². The Labute approximate surface area is 159 Å². The third-order valence-electron chi connectivity index (χ3n) is 4.62. The molecular formula is C19H19BrN4O2. The molecule has 6 nitrogen and oxygen atoms in total. The zero-order valence-electron chi connectivity index (χ0n) is 14.5. The maximum absolute atomic E-state index is 11.7. The molecule has 2 aromatic carbocycles. The highest BCUT2D eigenvalue weighted by Crippen LogP contribution is 2.30. The Balaban J connectivity index is 1.67. The zero-order valence-corrected chi connectivity index (χ0v) is 16.1. The highest BCUT2D eigenvalue weighted by molar-refractivity contribution is 9.10. The lowest BCUT2D eigenvalue weighted by Crippen LogP contribution is -2.52. The molecular weight excluding hydrogens is 396 g/mol. The molecule has 1 amide bonds. The lowest BCUT2D eigenvalue weighted by molar-refractivity contribution is -0.135. The molecule has 2 heterocycles. The van der Waals surface area contributed by atoms with Crippen molar-refractivity contribution in [3.8, 4) is 0 Å². The van der Waals surface area contributed by atoms with Crippen LogP contribution in [0.3, 0.4) is 0 Å². The van der Waals surface area contributed by atoms with Gasteiger partial charge in [-0.25, -0.2) is 0 Å². The number of fused-ring (bicyclic) bond motifs is 1. The van der Waals surface area contributed by atoms with Crippen LogP contribution in [0.4, 0.5) is 11.5 Å². The van der Waals surface area contributed by atoms with Gasteiger partial charge < -0.3 is 15.4 Å². The number of aryl methyl sites for hydroxylation is 1. The molecule has 0 spiro atoms. The first-order valence-corrected chi connectivity index (χ1v) is 9.12. The molecule has 1 aliphatic heterocycles. The average Bonchev–Trinajstić information content (AvgIpc) is 2.90. The van der Waals surface area contributed by atoms with Gasteiger partial charge in [0.1, 0.15) is 6.61 Å². The number of carbonyl (C=O) groups excluding carboxylic acids is 1. The van der Waals surface area contributed by atoms with Gasteiger partial charge in [0.05, 0.1) is 17.7 Å². The van der Waals surface area contributed by atoms with Crippen molar-refractivity contribution < 1.29 is 9.53 Å². The summed E-state index contributed by atoms with van der Waals surface area (Å²) in [6.45, 7) is 2.53. The minimum Gasteiger partial charge on any atom is -0.369 e. The number of benzene rings is 2. The lowest BCUT2D eigenvalue weighted by Gasteiger charge is -2.35. The summed E-state index contributed by atoms with van der Waals surface area (Å²) in [6.07, 6.45) is 0. The van der Waals surface area contributed by atoms with E-state index in [9.17, 15) is 4.79 Å². The summed E-state index contributed by atoms with van der Waals surface area (Å²) < 4.78 is 8.30. The van der Waals surface area contributed by atoms with Crippen LogP contribution in [0.1, 0.15) is 12.5 Å². The van der Waals surface area contributed by atoms with E-state index in [-0.39, 0.29) is 12.5 Å². The topological polar surface area (TPSA) is 68.2 Å². The van der Waals surface area contributed by atoms with Crippen LogP contribution in [0.15, 0.2) is 46.9 Å². The van der Waals surface area contributed by atoms with E-state index in [1.807, 2.05) is 61.1 Å². The van der Waals surface area contributed by atoms with Crippen LogP contribution in [0, 0.1) is 0 Å². The third kappa shape index (κ3) is 3.08. The number of halogens is 1. The number of rotatable bonds is 3. The zero-order chi connectivity index (χ0) is 18.3. The van der Waals surface area contributed by atoms with Crippen molar-refractivity contribution in [2.24, 2.45) is 7.05 Å². The smallest absolute Gasteiger partial charge is 0.246 e. The predicted octanol–water partition coefficient (Wildman–Crippen LogP) is 3.44. The molecule has 2 N–H and O–H groups in total. The van der Waals surface area contributed by atoms with E-state index < -0.39 is 5.54 Å². The molecule has 26 heavy (non-hydrogen) atoms. The highest BCUT2D eigenvalue weighted by Gasteiger charge is 2.33. The van der Waals surface area contributed by atoms with E-state index in [0.29, 0.717) is 6.61 Å². The van der Waals surface area contributed by atoms with Gasteiger partial charge in [-0.2, -0.15) is 5.10 Å². The van der Waals surface area contributed by atoms with Gasteiger partial charge in [-0.05, 0) is 42.8 Å². The summed E-state index contributed by atoms with van der Waals surface area (Å²) in [5, 5.41) is 12.0. The van der Waals surface area contributed by atoms with Crippen LogP contribution >= 0.6 is 15.9 Å². The Morgan fingerprint density at radius 1 is 1.31 bits per heavy atom. The molecule has 4 rings (SSSR count). The van der Waals surface area contributed by atoms with E-state index in [1.54, 1.807) is 0 Å². The number of nitrogens with one attached hydrogen (secondary N) is 2. The maximum atomic E-state index is 11.7. The Morgan fingerprint density at radius 3 is 2.96 bits per heavy atom. The first-order valence-electron chi connectivity index (χ1n) is 8.33. The summed E-state index contributed by atoms with van der Waals surface area (Å²) in [5.74, 6) is 0.694. The molecule has 1 fully saturated rings. The van der Waals surface area contributed by atoms with Crippen LogP contribution in [-0.4, -0.2) is 28.9 Å². The van der Waals surface area contributed by atoms with E-state index in [0.717, 1.165) is 32.4 Å².